The summed E-state index contributed by atoms with van der Waals surface area (Å²) >= 11 is 0. The van der Waals surface area contributed by atoms with E-state index in [1.54, 1.807) is 12.3 Å². The van der Waals surface area contributed by atoms with Gasteiger partial charge >= 0.3 is 0 Å². The first-order chi connectivity index (χ1) is 9.74. The number of pyridine rings is 1. The van der Waals surface area contributed by atoms with Crippen LogP contribution in [0.25, 0.3) is 10.9 Å². The number of fused-ring (bicyclic) bond motifs is 1. The molecule has 1 aromatic carbocycles. The molecule has 0 atom stereocenters. The standard InChI is InChI=1S/C15H15N5/c1-20(15-8-14(16)18-10-19-15)9-11-4-2-6-13-12(11)5-3-7-17-13/h2-8,10H,9H2,1H3,(H2,16,18,19). The van der Waals surface area contributed by atoms with Crippen molar-refractivity contribution in [2.75, 3.05) is 17.7 Å². The molecule has 5 heteroatoms. The van der Waals surface area contributed by atoms with Crippen LogP contribution in [-0.4, -0.2) is 22.0 Å². The minimum absolute atomic E-state index is 0.474. The second kappa shape index (κ2) is 5.13. The molecule has 0 aliphatic heterocycles. The van der Waals surface area contributed by atoms with Crippen molar-refractivity contribution in [1.29, 1.82) is 0 Å². The number of nitrogens with two attached hydrogens (primary N) is 1. The lowest BCUT2D eigenvalue weighted by atomic mass is 10.1. The van der Waals surface area contributed by atoms with E-state index in [0.717, 1.165) is 23.3 Å². The molecule has 0 aliphatic rings. The van der Waals surface area contributed by atoms with Gasteiger partial charge < -0.3 is 10.6 Å². The topological polar surface area (TPSA) is 67.9 Å². The summed E-state index contributed by atoms with van der Waals surface area (Å²) < 4.78 is 0. The molecule has 20 heavy (non-hydrogen) atoms. The van der Waals surface area contributed by atoms with Gasteiger partial charge in [-0.15, -0.1) is 0 Å². The molecule has 2 N–H and O–H groups in total. The summed E-state index contributed by atoms with van der Waals surface area (Å²) in [5.74, 6) is 1.28. The van der Waals surface area contributed by atoms with E-state index in [4.69, 9.17) is 5.73 Å². The third kappa shape index (κ3) is 2.38. The predicted octanol–water partition coefficient (Wildman–Crippen LogP) is 2.24. The number of rotatable bonds is 3. The summed E-state index contributed by atoms with van der Waals surface area (Å²) in [6.45, 7) is 0.736. The molecule has 5 nitrogen and oxygen atoms in total. The number of benzene rings is 1. The first-order valence-corrected chi connectivity index (χ1v) is 6.35. The van der Waals surface area contributed by atoms with Crippen LogP contribution in [0.4, 0.5) is 11.6 Å². The molecule has 100 valence electrons. The van der Waals surface area contributed by atoms with E-state index in [-0.39, 0.29) is 0 Å². The average molecular weight is 265 g/mol. The highest BCUT2D eigenvalue weighted by Crippen LogP contribution is 2.20. The first-order valence-electron chi connectivity index (χ1n) is 6.35. The number of nitrogens with zero attached hydrogens (tertiary/aromatic N) is 4. The zero-order chi connectivity index (χ0) is 13.9. The highest BCUT2D eigenvalue weighted by Gasteiger charge is 2.07. The van der Waals surface area contributed by atoms with Crippen molar-refractivity contribution in [2.45, 2.75) is 6.54 Å². The predicted molar refractivity (Wildman–Crippen MR) is 80.3 cm³/mol. The molecule has 0 saturated carbocycles. The van der Waals surface area contributed by atoms with Crippen molar-refractivity contribution in [3.63, 3.8) is 0 Å². The van der Waals surface area contributed by atoms with Crippen molar-refractivity contribution in [3.8, 4) is 0 Å². The van der Waals surface area contributed by atoms with E-state index in [1.165, 1.54) is 11.9 Å². The van der Waals surface area contributed by atoms with E-state index < -0.39 is 0 Å². The van der Waals surface area contributed by atoms with E-state index in [2.05, 4.69) is 27.1 Å². The number of hydrogen-bond donors (Lipinski definition) is 1. The number of hydrogen-bond acceptors (Lipinski definition) is 5. The molecule has 0 bridgehead atoms. The number of anilines is 2. The fourth-order valence-corrected chi connectivity index (χ4v) is 2.21. The van der Waals surface area contributed by atoms with Crippen LogP contribution in [0, 0.1) is 0 Å². The Hall–Kier alpha value is -2.69. The quantitative estimate of drug-likeness (QED) is 0.786. The van der Waals surface area contributed by atoms with Crippen molar-refractivity contribution >= 4 is 22.5 Å². The van der Waals surface area contributed by atoms with Crippen molar-refractivity contribution in [3.05, 3.63) is 54.5 Å². The van der Waals surface area contributed by atoms with Crippen LogP contribution < -0.4 is 10.6 Å². The van der Waals surface area contributed by atoms with Crippen molar-refractivity contribution in [2.24, 2.45) is 0 Å². The Balaban J connectivity index is 1.93. The molecule has 0 aliphatic carbocycles. The van der Waals surface area contributed by atoms with Gasteiger partial charge in [0.25, 0.3) is 0 Å². The summed E-state index contributed by atoms with van der Waals surface area (Å²) in [5, 5.41) is 1.16. The van der Waals surface area contributed by atoms with Gasteiger partial charge in [-0.1, -0.05) is 18.2 Å². The van der Waals surface area contributed by atoms with E-state index in [1.807, 2.05) is 30.1 Å². The zero-order valence-corrected chi connectivity index (χ0v) is 11.2. The SMILES string of the molecule is CN(Cc1cccc2ncccc12)c1cc(N)ncn1. The Morgan fingerprint density at radius 1 is 1.10 bits per heavy atom. The second-order valence-electron chi connectivity index (χ2n) is 4.64. The Morgan fingerprint density at radius 2 is 2.00 bits per heavy atom. The third-order valence-electron chi connectivity index (χ3n) is 3.21. The van der Waals surface area contributed by atoms with Gasteiger partial charge in [-0.05, 0) is 17.7 Å². The molecular formula is C15H15N5. The lowest BCUT2D eigenvalue weighted by molar-refractivity contribution is 0.897. The largest absolute Gasteiger partial charge is 0.384 e. The lowest BCUT2D eigenvalue weighted by Crippen LogP contribution is -2.18. The van der Waals surface area contributed by atoms with Crippen LogP contribution >= 0.6 is 0 Å². The molecular weight excluding hydrogens is 250 g/mol. The molecule has 0 fully saturated rings. The fourth-order valence-electron chi connectivity index (χ4n) is 2.21. The van der Waals surface area contributed by atoms with Crippen molar-refractivity contribution in [1.82, 2.24) is 15.0 Å². The van der Waals surface area contributed by atoms with Gasteiger partial charge in [0.05, 0.1) is 5.52 Å². The molecule has 0 saturated heterocycles. The minimum atomic E-state index is 0.474. The van der Waals surface area contributed by atoms with E-state index in [0.29, 0.717) is 5.82 Å². The van der Waals surface area contributed by atoms with Crippen molar-refractivity contribution < 1.29 is 0 Å². The molecule has 0 unspecified atom stereocenters. The maximum atomic E-state index is 5.69. The lowest BCUT2D eigenvalue weighted by Gasteiger charge is -2.19. The summed E-state index contributed by atoms with van der Waals surface area (Å²) in [6, 6.07) is 11.9. The molecule has 0 spiro atoms. The van der Waals surface area contributed by atoms with Gasteiger partial charge in [0.1, 0.15) is 18.0 Å². The Labute approximate surface area is 117 Å². The first kappa shape index (κ1) is 12.3. The highest BCUT2D eigenvalue weighted by molar-refractivity contribution is 5.82. The second-order valence-corrected chi connectivity index (χ2v) is 4.64. The summed E-state index contributed by atoms with van der Waals surface area (Å²) in [7, 11) is 1.98. The summed E-state index contributed by atoms with van der Waals surface area (Å²) in [4.78, 5) is 14.6. The summed E-state index contributed by atoms with van der Waals surface area (Å²) in [5.41, 5.74) is 7.90. The van der Waals surface area contributed by atoms with Gasteiger partial charge in [0, 0.05) is 31.2 Å². The van der Waals surface area contributed by atoms with Crippen LogP contribution in [-0.2, 0) is 6.54 Å². The Kier molecular flexibility index (Phi) is 3.16. The molecule has 0 amide bonds. The molecule has 3 aromatic rings. The van der Waals surface area contributed by atoms with Crippen LogP contribution in [0.5, 0.6) is 0 Å². The zero-order valence-electron chi connectivity index (χ0n) is 11.2. The Morgan fingerprint density at radius 3 is 2.85 bits per heavy atom. The van der Waals surface area contributed by atoms with Gasteiger partial charge in [-0.2, -0.15) is 0 Å². The smallest absolute Gasteiger partial charge is 0.134 e. The molecule has 0 radical (unpaired) electrons. The van der Waals surface area contributed by atoms with Gasteiger partial charge in [-0.25, -0.2) is 9.97 Å². The monoisotopic (exact) mass is 265 g/mol. The highest BCUT2D eigenvalue weighted by atomic mass is 15.2. The number of nitrogen functional groups attached to an aromatic ring is 1. The van der Waals surface area contributed by atoms with Gasteiger partial charge in [-0.3, -0.25) is 4.98 Å². The number of aromatic nitrogens is 3. The van der Waals surface area contributed by atoms with E-state index in [9.17, 15) is 0 Å². The normalized spacial score (nSPS) is 10.7. The molecule has 3 rings (SSSR count). The van der Waals surface area contributed by atoms with Crippen LogP contribution in [0.2, 0.25) is 0 Å². The van der Waals surface area contributed by atoms with Gasteiger partial charge in [0.2, 0.25) is 0 Å². The summed E-state index contributed by atoms with van der Waals surface area (Å²) in [6.07, 6.45) is 3.28. The minimum Gasteiger partial charge on any atom is -0.384 e. The fraction of sp³-hybridized carbons (Fsp3) is 0.133. The van der Waals surface area contributed by atoms with E-state index >= 15 is 0 Å². The maximum absolute atomic E-state index is 5.69. The molecule has 2 heterocycles. The van der Waals surface area contributed by atoms with Crippen LogP contribution in [0.3, 0.4) is 0 Å². The molecule has 2 aromatic heterocycles. The maximum Gasteiger partial charge on any atom is 0.134 e. The average Bonchev–Trinajstić information content (AvgIpc) is 2.47. The Bertz CT molecular complexity index is 736. The van der Waals surface area contributed by atoms with Crippen LogP contribution in [0.1, 0.15) is 5.56 Å². The van der Waals surface area contributed by atoms with Crippen LogP contribution in [0.15, 0.2) is 48.9 Å². The third-order valence-corrected chi connectivity index (χ3v) is 3.21. The van der Waals surface area contributed by atoms with Gasteiger partial charge in [0.15, 0.2) is 0 Å².